The lowest BCUT2D eigenvalue weighted by Gasteiger charge is -2.25. The Morgan fingerprint density at radius 1 is 1.21 bits per heavy atom. The van der Waals surface area contributed by atoms with Gasteiger partial charge in [0.15, 0.2) is 0 Å². The lowest BCUT2D eigenvalue weighted by Crippen LogP contribution is -2.35. The second-order valence-corrected chi connectivity index (χ2v) is 4.43. The van der Waals surface area contributed by atoms with Gasteiger partial charge in [-0.15, -0.1) is 0 Å². The van der Waals surface area contributed by atoms with Crippen molar-refractivity contribution in [1.82, 2.24) is 15.0 Å². The lowest BCUT2D eigenvalue weighted by atomic mass is 9.98. The van der Waals surface area contributed by atoms with Gasteiger partial charge in [-0.3, -0.25) is 0 Å². The van der Waals surface area contributed by atoms with E-state index in [1.165, 1.54) is 0 Å². The molecule has 0 aliphatic heterocycles. The molecule has 0 atom stereocenters. The van der Waals surface area contributed by atoms with Crippen molar-refractivity contribution in [3.8, 4) is 6.01 Å². The van der Waals surface area contributed by atoms with Gasteiger partial charge < -0.3 is 20.9 Å². The van der Waals surface area contributed by atoms with Crippen LogP contribution in [-0.2, 0) is 0 Å². The van der Waals surface area contributed by atoms with Crippen LogP contribution in [0.1, 0.15) is 40.0 Å². The number of ether oxygens (including phenoxy) is 1. The van der Waals surface area contributed by atoms with Gasteiger partial charge >= 0.3 is 6.01 Å². The van der Waals surface area contributed by atoms with Gasteiger partial charge in [0.1, 0.15) is 0 Å². The van der Waals surface area contributed by atoms with Gasteiger partial charge in [-0.1, -0.05) is 20.8 Å². The Hall–Kier alpha value is -1.63. The molecule has 0 unspecified atom stereocenters. The molecule has 0 amide bonds. The van der Waals surface area contributed by atoms with Crippen LogP contribution in [0.25, 0.3) is 0 Å². The molecular weight excluding hydrogens is 246 g/mol. The van der Waals surface area contributed by atoms with Crippen molar-refractivity contribution in [2.45, 2.75) is 45.6 Å². The molecule has 1 heterocycles. The van der Waals surface area contributed by atoms with Crippen LogP contribution in [0.5, 0.6) is 6.01 Å². The third kappa shape index (κ3) is 4.86. The zero-order chi connectivity index (χ0) is 14.3. The average Bonchev–Trinajstić information content (AvgIpc) is 2.42. The number of hydrogen-bond acceptors (Lipinski definition) is 7. The molecule has 0 saturated carbocycles. The molecular formula is C12H23N5O2. The maximum atomic E-state index is 10.2. The van der Waals surface area contributed by atoms with Gasteiger partial charge in [-0.05, 0) is 19.3 Å². The number of aliphatic hydroxyl groups is 1. The Bertz CT molecular complexity index is 396. The predicted octanol–water partition coefficient (Wildman–Crippen LogP) is 1.21. The quantitative estimate of drug-likeness (QED) is 0.651. The molecule has 4 N–H and O–H groups in total. The first-order valence-corrected chi connectivity index (χ1v) is 6.63. The molecule has 0 fully saturated rings. The van der Waals surface area contributed by atoms with Gasteiger partial charge in [0.2, 0.25) is 11.9 Å². The van der Waals surface area contributed by atoms with E-state index in [4.69, 9.17) is 10.5 Å². The van der Waals surface area contributed by atoms with E-state index in [1.807, 2.05) is 20.8 Å². The summed E-state index contributed by atoms with van der Waals surface area (Å²) in [6, 6.07) is 0.202. The zero-order valence-corrected chi connectivity index (χ0v) is 11.8. The maximum absolute atomic E-state index is 10.2. The highest BCUT2D eigenvalue weighted by atomic mass is 16.5. The molecule has 0 aliphatic rings. The van der Waals surface area contributed by atoms with Crippen molar-refractivity contribution < 1.29 is 9.84 Å². The van der Waals surface area contributed by atoms with Crippen LogP contribution >= 0.6 is 0 Å². The number of nitrogens with one attached hydrogen (secondary N) is 1. The molecule has 0 bridgehead atoms. The number of hydrogen-bond donors (Lipinski definition) is 3. The van der Waals surface area contributed by atoms with Crippen LogP contribution in [0, 0.1) is 0 Å². The average molecular weight is 269 g/mol. The van der Waals surface area contributed by atoms with Crippen LogP contribution in [0.15, 0.2) is 0 Å². The fourth-order valence-corrected chi connectivity index (χ4v) is 1.45. The van der Waals surface area contributed by atoms with Crippen molar-refractivity contribution in [2.24, 2.45) is 0 Å². The molecule has 19 heavy (non-hydrogen) atoms. The van der Waals surface area contributed by atoms with E-state index < -0.39 is 5.60 Å². The Kier molecular flexibility index (Phi) is 5.75. The van der Waals surface area contributed by atoms with Crippen molar-refractivity contribution >= 4 is 11.9 Å². The SMILES string of the molecule is CCCOc1nc(N)nc(NCC(O)(CC)CC)n1. The number of nitrogen functional groups attached to an aromatic ring is 1. The molecule has 0 saturated heterocycles. The second-order valence-electron chi connectivity index (χ2n) is 4.43. The third-order valence-electron chi connectivity index (χ3n) is 2.96. The highest BCUT2D eigenvalue weighted by molar-refractivity contribution is 5.32. The summed E-state index contributed by atoms with van der Waals surface area (Å²) in [5.41, 5.74) is 4.82. The lowest BCUT2D eigenvalue weighted by molar-refractivity contribution is 0.0455. The Balaban J connectivity index is 2.70. The van der Waals surface area contributed by atoms with Gasteiger partial charge in [-0.25, -0.2) is 0 Å². The van der Waals surface area contributed by atoms with Crippen molar-refractivity contribution in [1.29, 1.82) is 0 Å². The monoisotopic (exact) mass is 269 g/mol. The van der Waals surface area contributed by atoms with E-state index in [1.54, 1.807) is 0 Å². The fourth-order valence-electron chi connectivity index (χ4n) is 1.45. The molecule has 1 aromatic rings. The molecule has 1 aromatic heterocycles. The second kappa shape index (κ2) is 7.08. The number of aromatic nitrogens is 3. The standard InChI is InChI=1S/C12H23N5O2/c1-4-7-19-11-16-9(13)15-10(17-11)14-8-12(18,5-2)6-3/h18H,4-8H2,1-3H3,(H3,13,14,15,16,17). The Labute approximate surface area is 113 Å². The van der Waals surface area contributed by atoms with Crippen LogP contribution < -0.4 is 15.8 Å². The van der Waals surface area contributed by atoms with E-state index in [2.05, 4.69) is 20.3 Å². The minimum atomic E-state index is -0.772. The van der Waals surface area contributed by atoms with Gasteiger partial charge in [-0.2, -0.15) is 15.0 Å². The van der Waals surface area contributed by atoms with Crippen LogP contribution in [-0.4, -0.2) is 38.8 Å². The van der Waals surface area contributed by atoms with Gasteiger partial charge in [0.25, 0.3) is 0 Å². The number of anilines is 2. The molecule has 0 radical (unpaired) electrons. The van der Waals surface area contributed by atoms with Crippen molar-refractivity contribution in [3.05, 3.63) is 0 Å². The van der Waals surface area contributed by atoms with Gasteiger partial charge in [0, 0.05) is 6.54 Å². The molecule has 7 heteroatoms. The smallest absolute Gasteiger partial charge is 0.323 e. The maximum Gasteiger partial charge on any atom is 0.323 e. The van der Waals surface area contributed by atoms with Crippen LogP contribution in [0.2, 0.25) is 0 Å². The molecule has 1 rings (SSSR count). The summed E-state index contributed by atoms with van der Waals surface area (Å²) in [6.45, 7) is 6.74. The number of nitrogens with two attached hydrogens (primary N) is 1. The van der Waals surface area contributed by atoms with E-state index in [0.29, 0.717) is 31.9 Å². The van der Waals surface area contributed by atoms with Gasteiger partial charge in [0.05, 0.1) is 12.2 Å². The summed E-state index contributed by atoms with van der Waals surface area (Å²) in [5.74, 6) is 0.416. The fraction of sp³-hybridized carbons (Fsp3) is 0.750. The molecule has 0 aromatic carbocycles. The first kappa shape index (κ1) is 15.4. The van der Waals surface area contributed by atoms with Crippen molar-refractivity contribution in [2.75, 3.05) is 24.2 Å². The summed E-state index contributed by atoms with van der Waals surface area (Å²) in [4.78, 5) is 11.9. The Morgan fingerprint density at radius 3 is 2.47 bits per heavy atom. The molecule has 108 valence electrons. The molecule has 7 nitrogen and oxygen atoms in total. The third-order valence-corrected chi connectivity index (χ3v) is 2.96. The minimum Gasteiger partial charge on any atom is -0.463 e. The van der Waals surface area contributed by atoms with Crippen LogP contribution in [0.3, 0.4) is 0 Å². The highest BCUT2D eigenvalue weighted by Gasteiger charge is 2.22. The zero-order valence-electron chi connectivity index (χ0n) is 11.8. The first-order valence-electron chi connectivity index (χ1n) is 6.63. The highest BCUT2D eigenvalue weighted by Crippen LogP contribution is 2.16. The van der Waals surface area contributed by atoms with E-state index >= 15 is 0 Å². The summed E-state index contributed by atoms with van der Waals surface area (Å²) in [6.07, 6.45) is 2.16. The summed E-state index contributed by atoms with van der Waals surface area (Å²) >= 11 is 0. The van der Waals surface area contributed by atoms with Crippen LogP contribution in [0.4, 0.5) is 11.9 Å². The van der Waals surface area contributed by atoms with E-state index in [9.17, 15) is 5.11 Å². The van der Waals surface area contributed by atoms with E-state index in [-0.39, 0.29) is 12.0 Å². The first-order chi connectivity index (χ1) is 9.03. The van der Waals surface area contributed by atoms with Crippen molar-refractivity contribution in [3.63, 3.8) is 0 Å². The number of nitrogens with zero attached hydrogens (tertiary/aromatic N) is 3. The minimum absolute atomic E-state index is 0.0974. The summed E-state index contributed by atoms with van der Waals surface area (Å²) in [7, 11) is 0. The largest absolute Gasteiger partial charge is 0.463 e. The van der Waals surface area contributed by atoms with E-state index in [0.717, 1.165) is 6.42 Å². The molecule has 0 aliphatic carbocycles. The summed E-state index contributed by atoms with van der Waals surface area (Å²) in [5, 5.41) is 13.1. The topological polar surface area (TPSA) is 106 Å². The predicted molar refractivity (Wildman–Crippen MR) is 74.0 cm³/mol. The number of rotatable bonds is 8. The normalized spacial score (nSPS) is 11.4. The Morgan fingerprint density at radius 2 is 1.89 bits per heavy atom. The molecule has 0 spiro atoms. The summed E-state index contributed by atoms with van der Waals surface area (Å²) < 4.78 is 5.32.